The zero-order valence-corrected chi connectivity index (χ0v) is 9.42. The molecule has 0 saturated heterocycles. The summed E-state index contributed by atoms with van der Waals surface area (Å²) in [6.45, 7) is 6.14. The molecule has 0 aliphatic heterocycles. The number of carbonyl (C=O) groups is 1. The van der Waals surface area contributed by atoms with Crippen molar-refractivity contribution in [2.75, 3.05) is 0 Å². The molecule has 1 aliphatic carbocycles. The van der Waals surface area contributed by atoms with E-state index in [9.17, 15) is 4.79 Å². The van der Waals surface area contributed by atoms with Crippen molar-refractivity contribution in [3.05, 3.63) is 0 Å². The average molecular weight is 198 g/mol. The summed E-state index contributed by atoms with van der Waals surface area (Å²) in [6, 6.07) is -0.00454. The molecule has 3 atom stereocenters. The molecule has 1 fully saturated rings. The van der Waals surface area contributed by atoms with Gasteiger partial charge in [0.05, 0.1) is 6.04 Å². The van der Waals surface area contributed by atoms with Crippen molar-refractivity contribution in [2.24, 2.45) is 17.6 Å². The van der Waals surface area contributed by atoms with Gasteiger partial charge in [0.1, 0.15) is 0 Å². The molecule has 0 aromatic rings. The highest BCUT2D eigenvalue weighted by Gasteiger charge is 2.27. The van der Waals surface area contributed by atoms with Crippen LogP contribution in [0.25, 0.3) is 0 Å². The summed E-state index contributed by atoms with van der Waals surface area (Å²) in [5, 5.41) is 3.05. The number of amides is 1. The SMILES string of the molecule is CC1CCCC1NC(=O)[C@@H](N)C(C)C. The number of nitrogens with one attached hydrogen (secondary N) is 1. The number of hydrogen-bond acceptors (Lipinski definition) is 2. The fraction of sp³-hybridized carbons (Fsp3) is 0.909. The van der Waals surface area contributed by atoms with E-state index in [1.165, 1.54) is 12.8 Å². The van der Waals surface area contributed by atoms with Crippen molar-refractivity contribution in [1.82, 2.24) is 5.32 Å². The number of carbonyl (C=O) groups excluding carboxylic acids is 1. The van der Waals surface area contributed by atoms with Gasteiger partial charge in [0.25, 0.3) is 0 Å². The van der Waals surface area contributed by atoms with Crippen LogP contribution in [0.5, 0.6) is 0 Å². The van der Waals surface area contributed by atoms with E-state index in [2.05, 4.69) is 12.2 Å². The van der Waals surface area contributed by atoms with Gasteiger partial charge in [-0.2, -0.15) is 0 Å². The van der Waals surface area contributed by atoms with Crippen molar-refractivity contribution >= 4 is 5.91 Å². The number of hydrogen-bond donors (Lipinski definition) is 2. The molecule has 0 heterocycles. The van der Waals surface area contributed by atoms with E-state index in [4.69, 9.17) is 5.73 Å². The maximum Gasteiger partial charge on any atom is 0.237 e. The highest BCUT2D eigenvalue weighted by molar-refractivity contribution is 5.82. The Balaban J connectivity index is 2.40. The Morgan fingerprint density at radius 3 is 2.50 bits per heavy atom. The maximum atomic E-state index is 11.6. The second kappa shape index (κ2) is 4.78. The average Bonchev–Trinajstić information content (AvgIpc) is 2.50. The van der Waals surface area contributed by atoms with Crippen LogP contribution in [0.3, 0.4) is 0 Å². The first-order valence-corrected chi connectivity index (χ1v) is 5.58. The Morgan fingerprint density at radius 2 is 2.07 bits per heavy atom. The molecule has 1 amide bonds. The van der Waals surface area contributed by atoms with E-state index in [-0.39, 0.29) is 17.9 Å². The Kier molecular flexibility index (Phi) is 3.93. The van der Waals surface area contributed by atoms with Crippen LogP contribution in [-0.2, 0) is 4.79 Å². The molecule has 3 heteroatoms. The minimum absolute atomic E-state index is 0.0127. The molecule has 1 saturated carbocycles. The quantitative estimate of drug-likeness (QED) is 0.717. The van der Waals surface area contributed by atoms with Crippen LogP contribution < -0.4 is 11.1 Å². The van der Waals surface area contributed by atoms with E-state index in [1.807, 2.05) is 13.8 Å². The van der Waals surface area contributed by atoms with Crippen LogP contribution in [0.1, 0.15) is 40.0 Å². The first-order chi connectivity index (χ1) is 6.52. The highest BCUT2D eigenvalue weighted by Crippen LogP contribution is 2.24. The molecule has 3 N–H and O–H groups in total. The van der Waals surface area contributed by atoms with Gasteiger partial charge in [0, 0.05) is 6.04 Å². The van der Waals surface area contributed by atoms with Crippen LogP contribution >= 0.6 is 0 Å². The molecule has 0 radical (unpaired) electrons. The summed E-state index contributed by atoms with van der Waals surface area (Å²) in [6.07, 6.45) is 3.56. The van der Waals surface area contributed by atoms with E-state index in [0.717, 1.165) is 6.42 Å². The lowest BCUT2D eigenvalue weighted by Crippen LogP contribution is -2.48. The third-order valence-electron chi connectivity index (χ3n) is 3.21. The fourth-order valence-corrected chi connectivity index (χ4v) is 1.94. The number of nitrogens with two attached hydrogens (primary N) is 1. The molecule has 14 heavy (non-hydrogen) atoms. The summed E-state index contributed by atoms with van der Waals surface area (Å²) < 4.78 is 0. The van der Waals surface area contributed by atoms with Gasteiger partial charge in [-0.05, 0) is 24.7 Å². The largest absolute Gasteiger partial charge is 0.352 e. The van der Waals surface area contributed by atoms with Gasteiger partial charge in [0.2, 0.25) is 5.91 Å². The van der Waals surface area contributed by atoms with Crippen molar-refractivity contribution in [2.45, 2.75) is 52.1 Å². The molecule has 1 rings (SSSR count). The zero-order chi connectivity index (χ0) is 10.7. The number of rotatable bonds is 3. The van der Waals surface area contributed by atoms with Crippen LogP contribution in [0.4, 0.5) is 0 Å². The minimum atomic E-state index is -0.359. The van der Waals surface area contributed by atoms with Crippen molar-refractivity contribution in [3.63, 3.8) is 0 Å². The van der Waals surface area contributed by atoms with Crippen LogP contribution in [0.15, 0.2) is 0 Å². The van der Waals surface area contributed by atoms with E-state index in [1.54, 1.807) is 0 Å². The standard InChI is InChI=1S/C11H22N2O/c1-7(2)10(12)11(14)13-9-6-4-5-8(9)3/h7-10H,4-6,12H2,1-3H3,(H,13,14)/t8?,9?,10-/m0/s1. The molecule has 0 bridgehead atoms. The molecular formula is C11H22N2O. The zero-order valence-electron chi connectivity index (χ0n) is 9.42. The Labute approximate surface area is 86.4 Å². The second-order valence-electron chi connectivity index (χ2n) is 4.79. The Bertz CT molecular complexity index is 203. The molecule has 3 nitrogen and oxygen atoms in total. The summed E-state index contributed by atoms with van der Waals surface area (Å²) in [7, 11) is 0. The first kappa shape index (κ1) is 11.5. The predicted octanol–water partition coefficient (Wildman–Crippen LogP) is 1.27. The predicted molar refractivity (Wildman–Crippen MR) is 57.8 cm³/mol. The monoisotopic (exact) mass is 198 g/mol. The van der Waals surface area contributed by atoms with Gasteiger partial charge in [0.15, 0.2) is 0 Å². The van der Waals surface area contributed by atoms with E-state index in [0.29, 0.717) is 12.0 Å². The van der Waals surface area contributed by atoms with Crippen LogP contribution in [0.2, 0.25) is 0 Å². The van der Waals surface area contributed by atoms with Gasteiger partial charge in [-0.15, -0.1) is 0 Å². The smallest absolute Gasteiger partial charge is 0.237 e. The van der Waals surface area contributed by atoms with Crippen LogP contribution in [-0.4, -0.2) is 18.0 Å². The lowest BCUT2D eigenvalue weighted by molar-refractivity contribution is -0.124. The molecule has 1 aliphatic rings. The van der Waals surface area contributed by atoms with E-state index >= 15 is 0 Å². The summed E-state index contributed by atoms with van der Waals surface area (Å²) in [4.78, 5) is 11.6. The lowest BCUT2D eigenvalue weighted by Gasteiger charge is -2.21. The minimum Gasteiger partial charge on any atom is -0.352 e. The highest BCUT2D eigenvalue weighted by atomic mass is 16.2. The molecule has 0 aromatic carbocycles. The molecule has 2 unspecified atom stereocenters. The third-order valence-corrected chi connectivity index (χ3v) is 3.21. The third kappa shape index (κ3) is 2.71. The molecule has 0 aromatic heterocycles. The van der Waals surface area contributed by atoms with Gasteiger partial charge in [-0.1, -0.05) is 27.2 Å². The fourth-order valence-electron chi connectivity index (χ4n) is 1.94. The van der Waals surface area contributed by atoms with E-state index < -0.39 is 0 Å². The lowest BCUT2D eigenvalue weighted by atomic mass is 10.0. The Morgan fingerprint density at radius 1 is 1.43 bits per heavy atom. The molecular weight excluding hydrogens is 176 g/mol. The maximum absolute atomic E-state index is 11.6. The molecule has 0 spiro atoms. The topological polar surface area (TPSA) is 55.1 Å². The Hall–Kier alpha value is -0.570. The summed E-state index contributed by atoms with van der Waals surface area (Å²) >= 11 is 0. The summed E-state index contributed by atoms with van der Waals surface area (Å²) in [5.74, 6) is 0.837. The summed E-state index contributed by atoms with van der Waals surface area (Å²) in [5.41, 5.74) is 5.77. The van der Waals surface area contributed by atoms with Crippen molar-refractivity contribution in [3.8, 4) is 0 Å². The molecule has 82 valence electrons. The normalized spacial score (nSPS) is 29.2. The van der Waals surface area contributed by atoms with Gasteiger partial charge in [-0.3, -0.25) is 4.79 Å². The van der Waals surface area contributed by atoms with Crippen LogP contribution in [0, 0.1) is 11.8 Å². The van der Waals surface area contributed by atoms with Crippen molar-refractivity contribution in [1.29, 1.82) is 0 Å². The van der Waals surface area contributed by atoms with Gasteiger partial charge in [-0.25, -0.2) is 0 Å². The van der Waals surface area contributed by atoms with Crippen molar-refractivity contribution < 1.29 is 4.79 Å². The van der Waals surface area contributed by atoms with Gasteiger partial charge < -0.3 is 11.1 Å². The second-order valence-corrected chi connectivity index (χ2v) is 4.79. The van der Waals surface area contributed by atoms with Gasteiger partial charge >= 0.3 is 0 Å². The first-order valence-electron chi connectivity index (χ1n) is 5.58.